The molecule has 1 amide bonds. The van der Waals surface area contributed by atoms with Crippen molar-refractivity contribution in [2.24, 2.45) is 11.8 Å². The van der Waals surface area contributed by atoms with Gasteiger partial charge in [-0.3, -0.25) is 15.6 Å². The van der Waals surface area contributed by atoms with Crippen LogP contribution in [0.3, 0.4) is 0 Å². The molecule has 0 spiro atoms. The summed E-state index contributed by atoms with van der Waals surface area (Å²) in [6.45, 7) is 2.09. The quantitative estimate of drug-likeness (QED) is 0.568. The van der Waals surface area contributed by atoms with E-state index < -0.39 is 0 Å². The van der Waals surface area contributed by atoms with Gasteiger partial charge >= 0.3 is 0 Å². The molecule has 3 atom stereocenters. The molecule has 1 aliphatic carbocycles. The smallest absolute Gasteiger partial charge is 0.242 e. The first-order chi connectivity index (χ1) is 9.04. The Morgan fingerprint density at radius 2 is 2.11 bits per heavy atom. The van der Waals surface area contributed by atoms with E-state index in [2.05, 4.69) is 51.2 Å². The van der Waals surface area contributed by atoms with Gasteiger partial charge in [0.1, 0.15) is 0 Å². The van der Waals surface area contributed by atoms with E-state index in [0.29, 0.717) is 11.0 Å². The molecule has 4 nitrogen and oxygen atoms in total. The minimum atomic E-state index is -0.0184. The first kappa shape index (κ1) is 14.3. The van der Waals surface area contributed by atoms with Crippen molar-refractivity contribution < 1.29 is 4.79 Å². The van der Waals surface area contributed by atoms with Crippen molar-refractivity contribution in [3.05, 3.63) is 34.3 Å². The van der Waals surface area contributed by atoms with Gasteiger partial charge < -0.3 is 5.32 Å². The fourth-order valence-electron chi connectivity index (χ4n) is 2.35. The predicted molar refractivity (Wildman–Crippen MR) is 82.5 cm³/mol. The van der Waals surface area contributed by atoms with Crippen molar-refractivity contribution in [3.63, 3.8) is 0 Å². The van der Waals surface area contributed by atoms with Gasteiger partial charge in [-0.2, -0.15) is 0 Å². The normalized spacial score (nSPS) is 24.5. The molecule has 1 aromatic carbocycles. The number of carbonyl (C=O) groups is 1. The van der Waals surface area contributed by atoms with E-state index in [-0.39, 0.29) is 17.7 Å². The number of amides is 1. The van der Waals surface area contributed by atoms with Crippen LogP contribution in [0.4, 0.5) is 0 Å². The number of nitrogens with one attached hydrogen (secondary N) is 3. The highest BCUT2D eigenvalue weighted by molar-refractivity contribution is 9.10. The largest absolute Gasteiger partial charge is 0.364 e. The van der Waals surface area contributed by atoms with Crippen LogP contribution in [-0.2, 0) is 4.79 Å². The summed E-state index contributed by atoms with van der Waals surface area (Å²) in [5.41, 5.74) is 6.50. The van der Waals surface area contributed by atoms with E-state index >= 15 is 0 Å². The Labute approximate surface area is 126 Å². The second-order valence-corrected chi connectivity index (χ2v) is 5.98. The van der Waals surface area contributed by atoms with Crippen LogP contribution in [0.2, 0.25) is 0 Å². The first-order valence-electron chi connectivity index (χ1n) is 6.07. The number of hydrogen-bond donors (Lipinski definition) is 3. The molecular weight excluding hydrogens is 326 g/mol. The summed E-state index contributed by atoms with van der Waals surface area (Å²) in [6, 6.07) is 8.11. The minimum Gasteiger partial charge on any atom is -0.364 e. The molecule has 0 aliphatic heterocycles. The number of rotatable bonds is 2. The molecule has 0 aromatic heterocycles. The average molecular weight is 342 g/mol. The highest BCUT2D eigenvalue weighted by Crippen LogP contribution is 2.53. The van der Waals surface area contributed by atoms with Crippen LogP contribution < -0.4 is 16.2 Å². The Bertz CT molecular complexity index is 508. The Hall–Kier alpha value is -1.14. The molecular formula is C13H16BrN3OS. The number of benzene rings is 1. The van der Waals surface area contributed by atoms with Crippen LogP contribution in [-0.4, -0.2) is 18.1 Å². The Balaban J connectivity index is 1.96. The van der Waals surface area contributed by atoms with Gasteiger partial charge in [0.05, 0.1) is 0 Å². The molecule has 2 rings (SSSR count). The second-order valence-electron chi connectivity index (χ2n) is 4.66. The fourth-order valence-corrected chi connectivity index (χ4v) is 2.82. The topological polar surface area (TPSA) is 53.2 Å². The predicted octanol–water partition coefficient (Wildman–Crippen LogP) is 1.92. The number of carbonyl (C=O) groups excluding carboxylic acids is 1. The van der Waals surface area contributed by atoms with E-state index in [9.17, 15) is 4.79 Å². The zero-order valence-electron chi connectivity index (χ0n) is 10.7. The van der Waals surface area contributed by atoms with Crippen molar-refractivity contribution in [3.8, 4) is 0 Å². The third-order valence-electron chi connectivity index (χ3n) is 3.44. The maximum Gasteiger partial charge on any atom is 0.242 e. The molecule has 102 valence electrons. The molecule has 1 fully saturated rings. The maximum atomic E-state index is 12.0. The minimum absolute atomic E-state index is 0.00135. The first-order valence-corrected chi connectivity index (χ1v) is 7.27. The van der Waals surface area contributed by atoms with Gasteiger partial charge in [0.15, 0.2) is 5.11 Å². The molecule has 1 saturated carbocycles. The second kappa shape index (κ2) is 5.88. The molecule has 1 aromatic rings. The number of hydrogen-bond acceptors (Lipinski definition) is 2. The van der Waals surface area contributed by atoms with Crippen LogP contribution in [0.1, 0.15) is 18.4 Å². The van der Waals surface area contributed by atoms with E-state index in [0.717, 1.165) is 4.47 Å². The van der Waals surface area contributed by atoms with E-state index in [4.69, 9.17) is 12.2 Å². The highest BCUT2D eigenvalue weighted by atomic mass is 79.9. The lowest BCUT2D eigenvalue weighted by molar-refractivity contribution is -0.123. The average Bonchev–Trinajstić information content (AvgIpc) is 3.07. The maximum absolute atomic E-state index is 12.0. The summed E-state index contributed by atoms with van der Waals surface area (Å²) in [6.07, 6.45) is 0. The van der Waals surface area contributed by atoms with Gasteiger partial charge in [-0.15, -0.1) is 0 Å². The fraction of sp³-hybridized carbons (Fsp3) is 0.385. The summed E-state index contributed by atoms with van der Waals surface area (Å²) < 4.78 is 1.04. The standard InChI is InChI=1S/C13H16BrN3OS/c1-7-10(8-4-3-5-9(14)6-8)11(7)12(18)16-17-13(19)15-2/h3-7,10-11H,1-2H3,(H,16,18)(H2,15,17,19). The molecule has 0 bridgehead atoms. The van der Waals surface area contributed by atoms with Crippen LogP contribution in [0.25, 0.3) is 0 Å². The van der Waals surface area contributed by atoms with E-state index in [1.54, 1.807) is 7.05 Å². The molecule has 6 heteroatoms. The monoisotopic (exact) mass is 341 g/mol. The number of hydrazine groups is 1. The molecule has 3 unspecified atom stereocenters. The van der Waals surface area contributed by atoms with Gasteiger partial charge in [0, 0.05) is 17.4 Å². The van der Waals surface area contributed by atoms with Gasteiger partial charge in [-0.1, -0.05) is 35.0 Å². The zero-order chi connectivity index (χ0) is 14.0. The van der Waals surface area contributed by atoms with Crippen molar-refractivity contribution in [2.45, 2.75) is 12.8 Å². The summed E-state index contributed by atoms with van der Waals surface area (Å²) >= 11 is 8.36. The van der Waals surface area contributed by atoms with Crippen LogP contribution >= 0.6 is 28.1 Å². The Morgan fingerprint density at radius 3 is 2.74 bits per heavy atom. The Kier molecular flexibility index (Phi) is 4.42. The summed E-state index contributed by atoms with van der Waals surface area (Å²) in [4.78, 5) is 12.0. The van der Waals surface area contributed by atoms with Crippen molar-refractivity contribution in [2.75, 3.05) is 7.05 Å². The lowest BCUT2D eigenvalue weighted by Gasteiger charge is -2.08. The summed E-state index contributed by atoms with van der Waals surface area (Å²) in [5.74, 6) is 0.609. The molecule has 1 aliphatic rings. The molecule has 19 heavy (non-hydrogen) atoms. The van der Waals surface area contributed by atoms with Gasteiger partial charge in [0.25, 0.3) is 0 Å². The third-order valence-corrected chi connectivity index (χ3v) is 4.24. The zero-order valence-corrected chi connectivity index (χ0v) is 13.1. The van der Waals surface area contributed by atoms with Crippen LogP contribution in [0, 0.1) is 11.8 Å². The van der Waals surface area contributed by atoms with E-state index in [1.807, 2.05) is 12.1 Å². The number of halogens is 1. The lowest BCUT2D eigenvalue weighted by Crippen LogP contribution is -2.46. The SMILES string of the molecule is CNC(=S)NNC(=O)C1C(C)C1c1cccc(Br)c1. The van der Waals surface area contributed by atoms with Crippen LogP contribution in [0.5, 0.6) is 0 Å². The van der Waals surface area contributed by atoms with E-state index in [1.165, 1.54) is 5.56 Å². The van der Waals surface area contributed by atoms with Crippen LogP contribution in [0.15, 0.2) is 28.7 Å². The van der Waals surface area contributed by atoms with Crippen molar-refractivity contribution in [1.82, 2.24) is 16.2 Å². The highest BCUT2D eigenvalue weighted by Gasteiger charge is 2.52. The summed E-state index contributed by atoms with van der Waals surface area (Å²) in [5, 5.41) is 3.14. The van der Waals surface area contributed by atoms with Gasteiger partial charge in [0.2, 0.25) is 5.91 Å². The Morgan fingerprint density at radius 1 is 1.37 bits per heavy atom. The lowest BCUT2D eigenvalue weighted by atomic mass is 10.1. The molecule has 3 N–H and O–H groups in total. The molecule has 0 saturated heterocycles. The third kappa shape index (κ3) is 3.25. The van der Waals surface area contributed by atoms with Crippen molar-refractivity contribution >= 4 is 39.2 Å². The molecule has 0 heterocycles. The summed E-state index contributed by atoms with van der Waals surface area (Å²) in [7, 11) is 1.70. The number of thiocarbonyl (C=S) groups is 1. The molecule has 0 radical (unpaired) electrons. The van der Waals surface area contributed by atoms with Gasteiger partial charge in [-0.05, 0) is 41.7 Å². The van der Waals surface area contributed by atoms with Crippen molar-refractivity contribution in [1.29, 1.82) is 0 Å². The van der Waals surface area contributed by atoms with Gasteiger partial charge in [-0.25, -0.2) is 0 Å².